The second-order valence-electron chi connectivity index (χ2n) is 8.60. The summed E-state index contributed by atoms with van der Waals surface area (Å²) in [6.45, 7) is 11.0. The molecule has 1 aliphatic rings. The number of hydrogen-bond donors (Lipinski definition) is 0. The quantitative estimate of drug-likeness (QED) is 0.525. The van der Waals surface area contributed by atoms with E-state index >= 15 is 0 Å². The van der Waals surface area contributed by atoms with Crippen molar-refractivity contribution in [1.82, 2.24) is 0 Å². The molecule has 1 aliphatic heterocycles. The summed E-state index contributed by atoms with van der Waals surface area (Å²) in [6, 6.07) is 8.08. The third-order valence-corrected chi connectivity index (χ3v) is 5.72. The van der Waals surface area contributed by atoms with Crippen molar-refractivity contribution in [1.29, 1.82) is 0 Å². The molecule has 3 nitrogen and oxygen atoms in total. The summed E-state index contributed by atoms with van der Waals surface area (Å²) in [5, 5.41) is 0. The largest absolute Gasteiger partial charge is 0.497 e. The Bertz CT molecular complexity index is 550. The van der Waals surface area contributed by atoms with Gasteiger partial charge in [-0.15, -0.1) is 0 Å². The van der Waals surface area contributed by atoms with E-state index in [0.29, 0.717) is 17.4 Å². The third kappa shape index (κ3) is 6.42. The highest BCUT2D eigenvalue weighted by molar-refractivity contribution is 5.79. The molecule has 0 N–H and O–H groups in total. The molecule has 1 aromatic carbocycles. The Morgan fingerprint density at radius 1 is 1.19 bits per heavy atom. The molecule has 0 spiro atoms. The van der Waals surface area contributed by atoms with Crippen LogP contribution < -0.4 is 4.74 Å². The second kappa shape index (κ2) is 10.1. The topological polar surface area (TPSA) is 30.8 Å². The SMILES string of the molecule is COc1ccc(C=NCC[C@]2(CCC(C)C)CCO[C@H](C(C)C)C2)cc1. The van der Waals surface area contributed by atoms with E-state index in [4.69, 9.17) is 14.5 Å². The van der Waals surface area contributed by atoms with Gasteiger partial charge in [-0.25, -0.2) is 0 Å². The fourth-order valence-electron chi connectivity index (χ4n) is 3.78. The van der Waals surface area contributed by atoms with Gasteiger partial charge in [0.25, 0.3) is 0 Å². The molecular weight excluding hydrogens is 322 g/mol. The highest BCUT2D eigenvalue weighted by Crippen LogP contribution is 2.43. The van der Waals surface area contributed by atoms with Crippen LogP contribution in [0.25, 0.3) is 0 Å². The number of nitrogens with zero attached hydrogens (tertiary/aromatic N) is 1. The maximum absolute atomic E-state index is 6.05. The van der Waals surface area contributed by atoms with E-state index in [1.54, 1.807) is 7.11 Å². The summed E-state index contributed by atoms with van der Waals surface area (Å²) < 4.78 is 11.3. The number of hydrogen-bond acceptors (Lipinski definition) is 3. The highest BCUT2D eigenvalue weighted by atomic mass is 16.5. The average molecular weight is 360 g/mol. The van der Waals surface area contributed by atoms with E-state index in [9.17, 15) is 0 Å². The molecule has 26 heavy (non-hydrogen) atoms. The van der Waals surface area contributed by atoms with Gasteiger partial charge in [0.05, 0.1) is 13.2 Å². The van der Waals surface area contributed by atoms with Crippen molar-refractivity contribution in [3.63, 3.8) is 0 Å². The summed E-state index contributed by atoms with van der Waals surface area (Å²) in [5.41, 5.74) is 1.53. The third-order valence-electron chi connectivity index (χ3n) is 5.72. The van der Waals surface area contributed by atoms with Gasteiger partial charge in [0.2, 0.25) is 0 Å². The minimum Gasteiger partial charge on any atom is -0.497 e. The fraction of sp³-hybridized carbons (Fsp3) is 0.696. The van der Waals surface area contributed by atoms with Crippen LogP contribution in [0.2, 0.25) is 0 Å². The number of ether oxygens (including phenoxy) is 2. The van der Waals surface area contributed by atoms with Crippen molar-refractivity contribution in [2.75, 3.05) is 20.3 Å². The van der Waals surface area contributed by atoms with Crippen LogP contribution >= 0.6 is 0 Å². The lowest BCUT2D eigenvalue weighted by atomic mass is 9.69. The van der Waals surface area contributed by atoms with Crippen LogP contribution in [0.4, 0.5) is 0 Å². The maximum Gasteiger partial charge on any atom is 0.118 e. The number of rotatable bonds is 9. The highest BCUT2D eigenvalue weighted by Gasteiger charge is 2.37. The molecule has 2 rings (SSSR count). The molecule has 0 amide bonds. The van der Waals surface area contributed by atoms with Gasteiger partial charge < -0.3 is 9.47 Å². The van der Waals surface area contributed by atoms with Crippen molar-refractivity contribution in [3.8, 4) is 5.75 Å². The van der Waals surface area contributed by atoms with Gasteiger partial charge in [-0.05, 0) is 72.8 Å². The first-order valence-corrected chi connectivity index (χ1v) is 10.2. The second-order valence-corrected chi connectivity index (χ2v) is 8.60. The Morgan fingerprint density at radius 2 is 1.92 bits per heavy atom. The van der Waals surface area contributed by atoms with Crippen molar-refractivity contribution >= 4 is 6.21 Å². The molecular formula is C23H37NO2. The molecule has 0 aliphatic carbocycles. The predicted molar refractivity (Wildman–Crippen MR) is 110 cm³/mol. The Balaban J connectivity index is 1.96. The lowest BCUT2D eigenvalue weighted by Gasteiger charge is -2.43. The lowest BCUT2D eigenvalue weighted by Crippen LogP contribution is -2.38. The predicted octanol–water partition coefficient (Wildman–Crippen LogP) is 5.76. The number of benzene rings is 1. The molecule has 3 heteroatoms. The molecule has 1 fully saturated rings. The Hall–Kier alpha value is -1.35. The van der Waals surface area contributed by atoms with E-state index in [-0.39, 0.29) is 0 Å². The summed E-state index contributed by atoms with van der Waals surface area (Å²) >= 11 is 0. The summed E-state index contributed by atoms with van der Waals surface area (Å²) in [6.07, 6.45) is 8.54. The van der Waals surface area contributed by atoms with Crippen molar-refractivity contribution in [2.45, 2.75) is 65.9 Å². The van der Waals surface area contributed by atoms with Crippen LogP contribution in [0.5, 0.6) is 5.75 Å². The molecule has 0 bridgehead atoms. The molecule has 0 unspecified atom stereocenters. The first kappa shape index (κ1) is 21.0. The zero-order chi connectivity index (χ0) is 19.0. The van der Waals surface area contributed by atoms with Crippen molar-refractivity contribution in [2.24, 2.45) is 22.2 Å². The average Bonchev–Trinajstić information content (AvgIpc) is 2.64. The minimum absolute atomic E-state index is 0.398. The van der Waals surface area contributed by atoms with E-state index in [2.05, 4.69) is 39.8 Å². The van der Waals surface area contributed by atoms with Crippen molar-refractivity contribution < 1.29 is 9.47 Å². The van der Waals surface area contributed by atoms with E-state index in [1.165, 1.54) is 32.1 Å². The molecule has 1 aromatic rings. The van der Waals surface area contributed by atoms with Gasteiger partial charge in [-0.2, -0.15) is 0 Å². The molecule has 1 heterocycles. The van der Waals surface area contributed by atoms with Gasteiger partial charge in [-0.1, -0.05) is 34.1 Å². The zero-order valence-electron chi connectivity index (χ0n) is 17.3. The summed E-state index contributed by atoms with van der Waals surface area (Å²) in [7, 11) is 1.69. The summed E-state index contributed by atoms with van der Waals surface area (Å²) in [5.74, 6) is 2.24. The lowest BCUT2D eigenvalue weighted by molar-refractivity contribution is -0.0755. The maximum atomic E-state index is 6.05. The van der Waals surface area contributed by atoms with Crippen LogP contribution in [-0.2, 0) is 4.74 Å². The van der Waals surface area contributed by atoms with Crippen LogP contribution in [-0.4, -0.2) is 32.6 Å². The van der Waals surface area contributed by atoms with E-state index < -0.39 is 0 Å². The Morgan fingerprint density at radius 3 is 2.54 bits per heavy atom. The van der Waals surface area contributed by atoms with Gasteiger partial charge in [0.1, 0.15) is 5.75 Å². The Kier molecular flexibility index (Phi) is 8.15. The first-order chi connectivity index (χ1) is 12.4. The van der Waals surface area contributed by atoms with Crippen LogP contribution in [0, 0.1) is 17.3 Å². The van der Waals surface area contributed by atoms with Crippen LogP contribution in [0.3, 0.4) is 0 Å². The monoisotopic (exact) mass is 359 g/mol. The zero-order valence-corrected chi connectivity index (χ0v) is 17.3. The van der Waals surface area contributed by atoms with E-state index in [0.717, 1.165) is 30.4 Å². The summed E-state index contributed by atoms with van der Waals surface area (Å²) in [4.78, 5) is 4.73. The van der Waals surface area contributed by atoms with Gasteiger partial charge >= 0.3 is 0 Å². The fourth-order valence-corrected chi connectivity index (χ4v) is 3.78. The molecule has 0 aromatic heterocycles. The van der Waals surface area contributed by atoms with E-state index in [1.807, 2.05) is 18.3 Å². The molecule has 0 saturated carbocycles. The molecule has 2 atom stereocenters. The number of methoxy groups -OCH3 is 1. The normalized spacial score (nSPS) is 23.9. The van der Waals surface area contributed by atoms with Crippen LogP contribution in [0.1, 0.15) is 65.4 Å². The number of aliphatic imine (C=N–C) groups is 1. The molecule has 1 saturated heterocycles. The standard InChI is InChI=1S/C23H37NO2/c1-18(2)10-11-23(13-15-26-22(16-23)19(3)4)12-14-24-17-20-6-8-21(25-5)9-7-20/h6-9,17-19,22H,10-16H2,1-5H3/t22-,23+/m0/s1. The molecule has 0 radical (unpaired) electrons. The van der Waals surface area contributed by atoms with Crippen molar-refractivity contribution in [3.05, 3.63) is 29.8 Å². The first-order valence-electron chi connectivity index (χ1n) is 10.2. The smallest absolute Gasteiger partial charge is 0.118 e. The van der Waals surface area contributed by atoms with Crippen LogP contribution in [0.15, 0.2) is 29.3 Å². The molecule has 146 valence electrons. The van der Waals surface area contributed by atoms with Gasteiger partial charge in [0.15, 0.2) is 0 Å². The van der Waals surface area contributed by atoms with Gasteiger partial charge in [0, 0.05) is 19.4 Å². The minimum atomic E-state index is 0.398. The van der Waals surface area contributed by atoms with Gasteiger partial charge in [-0.3, -0.25) is 4.99 Å². The Labute approximate surface area is 160 Å².